The van der Waals surface area contributed by atoms with Crippen LogP contribution in [0.5, 0.6) is 0 Å². The molecule has 1 aromatic carbocycles. The van der Waals surface area contributed by atoms with Crippen molar-refractivity contribution < 1.29 is 0 Å². The summed E-state index contributed by atoms with van der Waals surface area (Å²) in [7, 11) is 0. The Morgan fingerprint density at radius 3 is 2.71 bits per heavy atom. The Labute approximate surface area is 124 Å². The van der Waals surface area contributed by atoms with Crippen LogP contribution in [-0.4, -0.2) is 50.8 Å². The van der Waals surface area contributed by atoms with Gasteiger partial charge < -0.3 is 10.2 Å². The number of benzene rings is 1. The van der Waals surface area contributed by atoms with E-state index in [2.05, 4.69) is 50.9 Å². The third-order valence-corrected chi connectivity index (χ3v) is 4.80. The number of nitrogens with one attached hydrogen (secondary N) is 1. The minimum atomic E-state index is 0.589. The first-order valence-electron chi connectivity index (χ1n) is 7.62. The van der Waals surface area contributed by atoms with Crippen LogP contribution in [0.25, 0.3) is 5.69 Å². The molecule has 1 unspecified atom stereocenters. The van der Waals surface area contributed by atoms with Crippen LogP contribution in [-0.2, 0) is 0 Å². The zero-order valence-electron chi connectivity index (χ0n) is 12.2. The molecule has 2 bridgehead atoms. The van der Waals surface area contributed by atoms with Gasteiger partial charge in [0, 0.05) is 18.3 Å². The van der Waals surface area contributed by atoms with Crippen molar-refractivity contribution in [2.24, 2.45) is 5.92 Å². The molecule has 3 fully saturated rings. The third kappa shape index (κ3) is 2.40. The molecule has 6 nitrogen and oxygen atoms in total. The SMILES string of the molecule is Cc1cc(NC2CN3CCC2CC3)ccc1-n1cnnn1. The molecular formula is C15H20N6. The number of rotatable bonds is 3. The summed E-state index contributed by atoms with van der Waals surface area (Å²) in [6.45, 7) is 5.83. The van der Waals surface area contributed by atoms with Gasteiger partial charge in [0.05, 0.1) is 5.69 Å². The molecule has 3 aliphatic heterocycles. The average Bonchev–Trinajstić information content (AvgIpc) is 3.03. The number of piperidine rings is 3. The van der Waals surface area contributed by atoms with Gasteiger partial charge in [0.25, 0.3) is 0 Å². The van der Waals surface area contributed by atoms with E-state index in [-0.39, 0.29) is 0 Å². The van der Waals surface area contributed by atoms with Crippen LogP contribution in [0.2, 0.25) is 0 Å². The fraction of sp³-hybridized carbons (Fsp3) is 0.533. The Morgan fingerprint density at radius 1 is 1.24 bits per heavy atom. The Bertz CT molecular complexity index is 615. The van der Waals surface area contributed by atoms with E-state index in [0.29, 0.717) is 6.04 Å². The highest BCUT2D eigenvalue weighted by Gasteiger charge is 2.33. The third-order valence-electron chi connectivity index (χ3n) is 4.80. The van der Waals surface area contributed by atoms with Crippen LogP contribution in [0.4, 0.5) is 5.69 Å². The summed E-state index contributed by atoms with van der Waals surface area (Å²) in [4.78, 5) is 2.57. The molecule has 0 radical (unpaired) electrons. The van der Waals surface area contributed by atoms with E-state index in [1.165, 1.54) is 43.7 Å². The normalized spacial score (nSPS) is 27.8. The number of aryl methyl sites for hydroxylation is 1. The zero-order valence-corrected chi connectivity index (χ0v) is 12.2. The van der Waals surface area contributed by atoms with Crippen molar-refractivity contribution in [1.82, 2.24) is 25.1 Å². The lowest BCUT2D eigenvalue weighted by molar-refractivity contribution is 0.0975. The highest BCUT2D eigenvalue weighted by Crippen LogP contribution is 2.30. The van der Waals surface area contributed by atoms with Crippen LogP contribution < -0.4 is 5.32 Å². The van der Waals surface area contributed by atoms with Gasteiger partial charge in [0.15, 0.2) is 0 Å². The molecule has 2 aromatic rings. The lowest BCUT2D eigenvalue weighted by Crippen LogP contribution is -2.53. The Balaban J connectivity index is 1.52. The van der Waals surface area contributed by atoms with Crippen LogP contribution in [0.1, 0.15) is 18.4 Å². The predicted molar refractivity (Wildman–Crippen MR) is 80.5 cm³/mol. The van der Waals surface area contributed by atoms with Gasteiger partial charge in [-0.05, 0) is 73.0 Å². The summed E-state index contributed by atoms with van der Waals surface area (Å²) in [5.41, 5.74) is 3.40. The summed E-state index contributed by atoms with van der Waals surface area (Å²) in [6, 6.07) is 6.98. The number of fused-ring (bicyclic) bond motifs is 3. The number of hydrogen-bond donors (Lipinski definition) is 1. The molecule has 0 spiro atoms. The number of anilines is 1. The van der Waals surface area contributed by atoms with Crippen molar-refractivity contribution in [3.05, 3.63) is 30.1 Å². The summed E-state index contributed by atoms with van der Waals surface area (Å²) >= 11 is 0. The molecule has 1 N–H and O–H groups in total. The molecule has 1 aromatic heterocycles. The molecule has 0 amide bonds. The van der Waals surface area contributed by atoms with Crippen molar-refractivity contribution in [1.29, 1.82) is 0 Å². The summed E-state index contributed by atoms with van der Waals surface area (Å²) < 4.78 is 1.70. The average molecular weight is 284 g/mol. The quantitative estimate of drug-likeness (QED) is 0.925. The first kappa shape index (κ1) is 12.8. The van der Waals surface area contributed by atoms with Gasteiger partial charge in [0.2, 0.25) is 0 Å². The fourth-order valence-electron chi connectivity index (χ4n) is 3.62. The van der Waals surface area contributed by atoms with Crippen molar-refractivity contribution in [2.75, 3.05) is 25.0 Å². The smallest absolute Gasteiger partial charge is 0.143 e. The van der Waals surface area contributed by atoms with Crippen molar-refractivity contribution in [3.8, 4) is 5.69 Å². The molecule has 1 atom stereocenters. The van der Waals surface area contributed by atoms with Crippen LogP contribution in [0.3, 0.4) is 0 Å². The summed E-state index contributed by atoms with van der Waals surface area (Å²) in [5, 5.41) is 15.1. The largest absolute Gasteiger partial charge is 0.381 e. The van der Waals surface area contributed by atoms with Crippen LogP contribution in [0.15, 0.2) is 24.5 Å². The maximum absolute atomic E-state index is 3.95. The number of nitrogens with zero attached hydrogens (tertiary/aromatic N) is 5. The number of hydrogen-bond acceptors (Lipinski definition) is 5. The van der Waals surface area contributed by atoms with E-state index in [9.17, 15) is 0 Å². The van der Waals surface area contributed by atoms with Gasteiger partial charge in [-0.3, -0.25) is 0 Å². The van der Waals surface area contributed by atoms with E-state index in [4.69, 9.17) is 0 Å². The van der Waals surface area contributed by atoms with Gasteiger partial charge in [-0.2, -0.15) is 0 Å². The Hall–Kier alpha value is -1.95. The van der Waals surface area contributed by atoms with Gasteiger partial charge in [-0.25, -0.2) is 4.68 Å². The van der Waals surface area contributed by atoms with E-state index in [1.54, 1.807) is 11.0 Å². The first-order chi connectivity index (χ1) is 10.3. The molecule has 3 aliphatic rings. The summed E-state index contributed by atoms with van der Waals surface area (Å²) in [5.74, 6) is 0.828. The zero-order chi connectivity index (χ0) is 14.2. The standard InChI is InChI=1S/C15H20N6/c1-11-8-13(2-3-15(11)21-10-16-18-19-21)17-14-9-20-6-4-12(14)5-7-20/h2-3,8,10,12,14,17H,4-7,9H2,1H3. The van der Waals surface area contributed by atoms with Crippen LogP contribution in [0, 0.1) is 12.8 Å². The maximum atomic E-state index is 3.95. The molecule has 21 heavy (non-hydrogen) atoms. The lowest BCUT2D eigenvalue weighted by atomic mass is 9.84. The van der Waals surface area contributed by atoms with Crippen molar-refractivity contribution in [2.45, 2.75) is 25.8 Å². The van der Waals surface area contributed by atoms with Gasteiger partial charge >= 0.3 is 0 Å². The fourth-order valence-corrected chi connectivity index (χ4v) is 3.62. The lowest BCUT2D eigenvalue weighted by Gasteiger charge is -2.45. The topological polar surface area (TPSA) is 58.9 Å². The molecular weight excluding hydrogens is 264 g/mol. The second-order valence-electron chi connectivity index (χ2n) is 6.14. The molecule has 0 aliphatic carbocycles. The van der Waals surface area contributed by atoms with Gasteiger partial charge in [-0.1, -0.05) is 0 Å². The summed E-state index contributed by atoms with van der Waals surface area (Å²) in [6.07, 6.45) is 4.29. The van der Waals surface area contributed by atoms with E-state index in [1.807, 2.05) is 0 Å². The highest BCUT2D eigenvalue weighted by atomic mass is 15.5. The van der Waals surface area contributed by atoms with E-state index >= 15 is 0 Å². The highest BCUT2D eigenvalue weighted by molar-refractivity contribution is 5.54. The minimum Gasteiger partial charge on any atom is -0.381 e. The second-order valence-corrected chi connectivity index (χ2v) is 6.14. The number of aromatic nitrogens is 4. The molecule has 5 rings (SSSR count). The first-order valence-corrected chi connectivity index (χ1v) is 7.62. The Kier molecular flexibility index (Phi) is 3.11. The maximum Gasteiger partial charge on any atom is 0.143 e. The monoisotopic (exact) mass is 284 g/mol. The molecule has 4 heterocycles. The minimum absolute atomic E-state index is 0.589. The molecule has 6 heteroatoms. The molecule has 0 saturated carbocycles. The molecule has 3 saturated heterocycles. The van der Waals surface area contributed by atoms with Crippen molar-refractivity contribution in [3.63, 3.8) is 0 Å². The van der Waals surface area contributed by atoms with Gasteiger partial charge in [0.1, 0.15) is 6.33 Å². The van der Waals surface area contributed by atoms with E-state index in [0.717, 1.165) is 11.6 Å². The van der Waals surface area contributed by atoms with E-state index < -0.39 is 0 Å². The van der Waals surface area contributed by atoms with Crippen molar-refractivity contribution >= 4 is 5.69 Å². The van der Waals surface area contributed by atoms with Gasteiger partial charge in [-0.15, -0.1) is 5.10 Å². The number of tetrazole rings is 1. The molecule has 110 valence electrons. The van der Waals surface area contributed by atoms with Crippen LogP contribution >= 0.6 is 0 Å². The predicted octanol–water partition coefficient (Wildman–Crippen LogP) is 1.48. The Morgan fingerprint density at radius 2 is 2.10 bits per heavy atom. The second kappa shape index (κ2) is 5.11.